The minimum Gasteiger partial charge on any atom is -0.238 e. The molecular weight excluding hydrogens is 705 g/mol. The normalized spacial score (nSPS) is 11.4. The van der Waals surface area contributed by atoms with Crippen molar-refractivity contribution in [2.75, 3.05) is 0 Å². The van der Waals surface area contributed by atoms with Crippen LogP contribution in [0.15, 0.2) is 194 Å². The molecule has 0 spiro atoms. The van der Waals surface area contributed by atoms with Crippen LogP contribution in [0.25, 0.3) is 116 Å². The van der Waals surface area contributed by atoms with E-state index in [0.717, 1.165) is 55.5 Å². The fourth-order valence-corrected chi connectivity index (χ4v) is 8.61. The monoisotopic (exact) mass is 736 g/mol. The van der Waals surface area contributed by atoms with Crippen LogP contribution in [0.1, 0.15) is 0 Å². The van der Waals surface area contributed by atoms with Crippen molar-refractivity contribution >= 4 is 27.2 Å². The van der Waals surface area contributed by atoms with Gasteiger partial charge in [0.25, 0.3) is 0 Å². The van der Waals surface area contributed by atoms with Gasteiger partial charge in [-0.15, -0.1) is 0 Å². The van der Waals surface area contributed by atoms with E-state index in [1.54, 1.807) is 0 Å². The second-order valence-electron chi connectivity index (χ2n) is 14.6. The third-order valence-corrected chi connectivity index (χ3v) is 11.3. The average molecular weight is 737 g/mol. The summed E-state index contributed by atoms with van der Waals surface area (Å²) in [5.74, 6) is 1.86. The van der Waals surface area contributed by atoms with E-state index in [9.17, 15) is 0 Å². The molecule has 0 saturated carbocycles. The number of rotatable bonds is 6. The molecule has 0 amide bonds. The van der Waals surface area contributed by atoms with Gasteiger partial charge in [0.15, 0.2) is 23.2 Å². The number of hydrogen-bond donors (Lipinski definition) is 0. The lowest BCUT2D eigenvalue weighted by molar-refractivity contribution is 1.07. The zero-order chi connectivity index (χ0) is 38.6. The molecule has 4 heteroatoms. The fraction of sp³-hybridized carbons (Fsp3) is 0. The third-order valence-electron chi connectivity index (χ3n) is 11.3. The highest BCUT2D eigenvalue weighted by molar-refractivity contribution is 6.23. The summed E-state index contributed by atoms with van der Waals surface area (Å²) < 4.78 is 0. The van der Waals surface area contributed by atoms with E-state index in [0.29, 0.717) is 23.2 Å². The van der Waals surface area contributed by atoms with Crippen molar-refractivity contribution in [3.05, 3.63) is 206 Å². The molecule has 268 valence electrons. The van der Waals surface area contributed by atoms with Gasteiger partial charge in [-0.3, -0.25) is 0 Å². The van der Waals surface area contributed by atoms with Crippen LogP contribution in [-0.4, -0.2) is 15.0 Å². The molecule has 0 fully saturated rings. The molecule has 10 aromatic rings. The second-order valence-corrected chi connectivity index (χ2v) is 14.6. The van der Waals surface area contributed by atoms with Gasteiger partial charge in [-0.1, -0.05) is 188 Å². The van der Waals surface area contributed by atoms with E-state index >= 15 is 0 Å². The van der Waals surface area contributed by atoms with Crippen molar-refractivity contribution in [2.45, 2.75) is 0 Å². The first-order valence-corrected chi connectivity index (χ1v) is 19.4. The Balaban J connectivity index is 1.17. The predicted molar refractivity (Wildman–Crippen MR) is 238 cm³/mol. The summed E-state index contributed by atoms with van der Waals surface area (Å²) in [7, 11) is 0. The molecule has 1 aliphatic rings. The van der Waals surface area contributed by atoms with E-state index in [1.807, 2.05) is 30.3 Å². The Hall–Kier alpha value is -8.00. The van der Waals surface area contributed by atoms with Gasteiger partial charge in [0.2, 0.25) is 0 Å². The molecule has 0 unspecified atom stereocenters. The van der Waals surface area contributed by atoms with E-state index in [4.69, 9.17) is 21.5 Å². The first-order chi connectivity index (χ1) is 28.7. The Morgan fingerprint density at radius 1 is 0.293 bits per heavy atom. The first-order valence-electron chi connectivity index (χ1n) is 19.4. The minimum absolute atomic E-state index is 0.612. The number of fused-ring (bicyclic) bond motifs is 4. The summed E-state index contributed by atoms with van der Waals surface area (Å²) in [6, 6.07) is 67.8. The van der Waals surface area contributed by atoms with Gasteiger partial charge in [-0.2, -0.15) is 0 Å². The smallest absolute Gasteiger partial charge is 0.187 e. The standard InChI is InChI=1S/C54H32N4/c1-55-39-27-25-35(26-28-39)40-17-7-8-18-41(40)45-29-30-46-42-19-9-10-20-43(42)47-31-32-48(50(45)51(46)47)44-21-11-12-22-49(44)54-57-52(36-14-3-2-4-15-36)56-53(58-54)38-24-23-34-13-5-6-16-37(34)33-38/h2-33H. The minimum atomic E-state index is 0.612. The van der Waals surface area contributed by atoms with E-state index in [2.05, 4.69) is 169 Å². The molecular formula is C54H32N4. The second kappa shape index (κ2) is 13.6. The van der Waals surface area contributed by atoms with Gasteiger partial charge >= 0.3 is 0 Å². The summed E-state index contributed by atoms with van der Waals surface area (Å²) in [6.45, 7) is 7.52. The van der Waals surface area contributed by atoms with Crippen molar-refractivity contribution in [3.63, 3.8) is 0 Å². The Morgan fingerprint density at radius 3 is 1.31 bits per heavy atom. The van der Waals surface area contributed by atoms with Crippen LogP contribution in [0.2, 0.25) is 0 Å². The van der Waals surface area contributed by atoms with Crippen LogP contribution in [0.5, 0.6) is 0 Å². The number of nitrogens with zero attached hydrogens (tertiary/aromatic N) is 4. The molecule has 58 heavy (non-hydrogen) atoms. The van der Waals surface area contributed by atoms with Crippen molar-refractivity contribution in [2.24, 2.45) is 0 Å². The summed E-state index contributed by atoms with van der Waals surface area (Å²) in [5, 5.41) is 4.71. The summed E-state index contributed by atoms with van der Waals surface area (Å²) in [6.07, 6.45) is 0. The van der Waals surface area contributed by atoms with Gasteiger partial charge in [0.05, 0.1) is 6.57 Å². The zero-order valence-electron chi connectivity index (χ0n) is 31.3. The average Bonchev–Trinajstić information content (AvgIpc) is 3.63. The van der Waals surface area contributed by atoms with Gasteiger partial charge < -0.3 is 0 Å². The highest BCUT2D eigenvalue weighted by Gasteiger charge is 2.27. The van der Waals surface area contributed by atoms with Crippen LogP contribution in [0.3, 0.4) is 0 Å². The number of aromatic nitrogens is 3. The fourth-order valence-electron chi connectivity index (χ4n) is 8.61. The highest BCUT2D eigenvalue weighted by atomic mass is 15.0. The SMILES string of the molecule is [C-]#[N+]c1ccc(-c2ccccc2-c2ccc3c4c(ccc(-c5ccccc5-c5nc(-c6ccccc6)nc(-c6ccc7ccccc7c6)n5)c24)-c2ccccc2-3)cc1. The van der Waals surface area contributed by atoms with E-state index < -0.39 is 0 Å². The third kappa shape index (κ3) is 5.49. The Labute approximate surface area is 336 Å². The molecule has 9 aromatic carbocycles. The summed E-state index contributed by atoms with van der Waals surface area (Å²) in [5.41, 5.74) is 14.9. The summed E-state index contributed by atoms with van der Waals surface area (Å²) >= 11 is 0. The van der Waals surface area contributed by atoms with Crippen LogP contribution >= 0.6 is 0 Å². The topological polar surface area (TPSA) is 43.0 Å². The van der Waals surface area contributed by atoms with Gasteiger partial charge in [0, 0.05) is 16.7 Å². The molecule has 1 heterocycles. The lowest BCUT2D eigenvalue weighted by Crippen LogP contribution is -2.01. The maximum atomic E-state index is 7.52. The first kappa shape index (κ1) is 33.3. The molecule has 0 saturated heterocycles. The largest absolute Gasteiger partial charge is 0.238 e. The lowest BCUT2D eigenvalue weighted by atomic mass is 9.85. The van der Waals surface area contributed by atoms with E-state index in [-0.39, 0.29) is 0 Å². The summed E-state index contributed by atoms with van der Waals surface area (Å²) in [4.78, 5) is 19.2. The number of hydrogen-bond acceptors (Lipinski definition) is 3. The van der Waals surface area contributed by atoms with Crippen LogP contribution in [0.4, 0.5) is 5.69 Å². The molecule has 1 aliphatic carbocycles. The molecule has 0 aliphatic heterocycles. The van der Waals surface area contributed by atoms with Gasteiger partial charge in [-0.25, -0.2) is 19.8 Å². The van der Waals surface area contributed by atoms with Crippen LogP contribution in [0, 0.1) is 6.57 Å². The predicted octanol–water partition coefficient (Wildman–Crippen LogP) is 14.4. The van der Waals surface area contributed by atoms with Crippen molar-refractivity contribution in [3.8, 4) is 89.8 Å². The molecule has 4 nitrogen and oxygen atoms in total. The molecule has 0 bridgehead atoms. The maximum Gasteiger partial charge on any atom is 0.187 e. The Kier molecular flexibility index (Phi) is 7.84. The van der Waals surface area contributed by atoms with Crippen LogP contribution in [-0.2, 0) is 0 Å². The van der Waals surface area contributed by atoms with Gasteiger partial charge in [-0.05, 0) is 83.2 Å². The Bertz CT molecular complexity index is 3260. The molecule has 1 aromatic heterocycles. The maximum absolute atomic E-state index is 7.52. The highest BCUT2D eigenvalue weighted by Crippen LogP contribution is 2.53. The van der Waals surface area contributed by atoms with Gasteiger partial charge in [0.1, 0.15) is 0 Å². The zero-order valence-corrected chi connectivity index (χ0v) is 31.3. The van der Waals surface area contributed by atoms with Crippen molar-refractivity contribution < 1.29 is 0 Å². The molecule has 0 N–H and O–H groups in total. The molecule has 0 atom stereocenters. The molecule has 0 radical (unpaired) electrons. The lowest BCUT2D eigenvalue weighted by Gasteiger charge is -2.19. The van der Waals surface area contributed by atoms with E-state index in [1.165, 1.54) is 38.4 Å². The van der Waals surface area contributed by atoms with Crippen molar-refractivity contribution in [1.29, 1.82) is 0 Å². The Morgan fingerprint density at radius 2 is 0.724 bits per heavy atom. The number of benzene rings is 9. The molecule has 11 rings (SSSR count). The quantitative estimate of drug-likeness (QED) is 0.160. The van der Waals surface area contributed by atoms with Crippen LogP contribution < -0.4 is 0 Å². The van der Waals surface area contributed by atoms with Crippen molar-refractivity contribution in [1.82, 2.24) is 15.0 Å².